The summed E-state index contributed by atoms with van der Waals surface area (Å²) in [6.07, 6.45) is 0.701. The molecule has 0 saturated carbocycles. The Morgan fingerprint density at radius 3 is 2.26 bits per heavy atom. The van der Waals surface area contributed by atoms with Crippen LogP contribution in [0, 0.1) is 0 Å². The molecule has 2 amide bonds. The van der Waals surface area contributed by atoms with Gasteiger partial charge in [-0.05, 0) is 29.5 Å². The van der Waals surface area contributed by atoms with Gasteiger partial charge in [0, 0.05) is 5.69 Å². The van der Waals surface area contributed by atoms with E-state index in [4.69, 9.17) is 5.11 Å². The lowest BCUT2D eigenvalue weighted by atomic mass is 9.87. The van der Waals surface area contributed by atoms with E-state index >= 15 is 0 Å². The molecule has 0 aliphatic rings. The Hall–Kier alpha value is -1.55. The SMILES string of the molecule is CCC(CO)NC(=O)Nc1ccc(C(C)(C)C)cc1. The van der Waals surface area contributed by atoms with Gasteiger partial charge in [0.1, 0.15) is 0 Å². The summed E-state index contributed by atoms with van der Waals surface area (Å²) in [5, 5.41) is 14.5. The molecule has 0 bridgehead atoms. The number of aliphatic hydroxyl groups excluding tert-OH is 1. The van der Waals surface area contributed by atoms with Gasteiger partial charge in [0.05, 0.1) is 12.6 Å². The van der Waals surface area contributed by atoms with E-state index in [2.05, 4.69) is 31.4 Å². The molecule has 0 saturated heterocycles. The highest BCUT2D eigenvalue weighted by Crippen LogP contribution is 2.23. The van der Waals surface area contributed by atoms with Gasteiger partial charge in [0.15, 0.2) is 0 Å². The van der Waals surface area contributed by atoms with E-state index in [1.54, 1.807) is 0 Å². The molecule has 1 aromatic rings. The standard InChI is InChI=1S/C15H24N2O2/c1-5-12(10-18)16-14(19)17-13-8-6-11(7-9-13)15(2,3)4/h6-9,12,18H,5,10H2,1-4H3,(H2,16,17,19). The number of amides is 2. The first-order valence-corrected chi connectivity index (χ1v) is 6.65. The number of hydrogen-bond acceptors (Lipinski definition) is 2. The van der Waals surface area contributed by atoms with Gasteiger partial charge in [-0.1, -0.05) is 39.8 Å². The van der Waals surface area contributed by atoms with Crippen molar-refractivity contribution in [1.29, 1.82) is 0 Å². The first-order chi connectivity index (χ1) is 8.86. The molecule has 4 nitrogen and oxygen atoms in total. The number of aliphatic hydroxyl groups is 1. The van der Waals surface area contributed by atoms with Crippen LogP contribution >= 0.6 is 0 Å². The minimum Gasteiger partial charge on any atom is -0.394 e. The predicted molar refractivity (Wildman–Crippen MR) is 78.5 cm³/mol. The molecule has 0 spiro atoms. The van der Waals surface area contributed by atoms with Crippen LogP contribution < -0.4 is 10.6 Å². The van der Waals surface area contributed by atoms with Crippen molar-refractivity contribution >= 4 is 11.7 Å². The predicted octanol–water partition coefficient (Wildman–Crippen LogP) is 2.88. The van der Waals surface area contributed by atoms with Crippen molar-refractivity contribution in [2.24, 2.45) is 0 Å². The van der Waals surface area contributed by atoms with Crippen LogP contribution in [0.1, 0.15) is 39.7 Å². The van der Waals surface area contributed by atoms with Crippen molar-refractivity contribution in [3.05, 3.63) is 29.8 Å². The van der Waals surface area contributed by atoms with Crippen LogP contribution in [0.4, 0.5) is 10.5 Å². The van der Waals surface area contributed by atoms with Crippen LogP contribution in [0.3, 0.4) is 0 Å². The fourth-order valence-corrected chi connectivity index (χ4v) is 1.68. The Kier molecular flexibility index (Phi) is 5.36. The number of hydrogen-bond donors (Lipinski definition) is 3. The van der Waals surface area contributed by atoms with E-state index in [-0.39, 0.29) is 24.1 Å². The van der Waals surface area contributed by atoms with E-state index in [1.165, 1.54) is 5.56 Å². The Morgan fingerprint density at radius 1 is 1.26 bits per heavy atom. The highest BCUT2D eigenvalue weighted by molar-refractivity contribution is 5.89. The maximum absolute atomic E-state index is 11.7. The molecule has 106 valence electrons. The van der Waals surface area contributed by atoms with Crippen LogP contribution in [0.5, 0.6) is 0 Å². The van der Waals surface area contributed by atoms with E-state index < -0.39 is 0 Å². The van der Waals surface area contributed by atoms with Gasteiger partial charge in [-0.2, -0.15) is 0 Å². The smallest absolute Gasteiger partial charge is 0.319 e. The fraction of sp³-hybridized carbons (Fsp3) is 0.533. The quantitative estimate of drug-likeness (QED) is 0.783. The second-order valence-electron chi connectivity index (χ2n) is 5.71. The summed E-state index contributed by atoms with van der Waals surface area (Å²) in [4.78, 5) is 11.7. The first kappa shape index (κ1) is 15.5. The number of urea groups is 1. The van der Waals surface area contributed by atoms with E-state index in [9.17, 15) is 4.79 Å². The van der Waals surface area contributed by atoms with E-state index in [1.807, 2.05) is 31.2 Å². The lowest BCUT2D eigenvalue weighted by Crippen LogP contribution is -2.39. The van der Waals surface area contributed by atoms with Crippen LogP contribution in [-0.4, -0.2) is 23.8 Å². The number of anilines is 1. The average molecular weight is 264 g/mol. The van der Waals surface area contributed by atoms with Crippen LogP contribution in [0.15, 0.2) is 24.3 Å². The second kappa shape index (κ2) is 6.57. The van der Waals surface area contributed by atoms with Gasteiger partial charge in [-0.3, -0.25) is 0 Å². The number of benzene rings is 1. The highest BCUT2D eigenvalue weighted by Gasteiger charge is 2.13. The van der Waals surface area contributed by atoms with Gasteiger partial charge in [-0.15, -0.1) is 0 Å². The van der Waals surface area contributed by atoms with Gasteiger partial charge in [0.2, 0.25) is 0 Å². The molecule has 1 atom stereocenters. The van der Waals surface area contributed by atoms with E-state index in [0.29, 0.717) is 6.42 Å². The minimum atomic E-state index is -0.288. The largest absolute Gasteiger partial charge is 0.394 e. The molecular formula is C15H24N2O2. The Labute approximate surface area is 115 Å². The van der Waals surface area contributed by atoms with Crippen molar-refractivity contribution in [1.82, 2.24) is 5.32 Å². The molecule has 0 radical (unpaired) electrons. The van der Waals surface area contributed by atoms with Crippen molar-refractivity contribution in [2.45, 2.75) is 45.6 Å². The van der Waals surface area contributed by atoms with Crippen molar-refractivity contribution < 1.29 is 9.90 Å². The highest BCUT2D eigenvalue weighted by atomic mass is 16.3. The third-order valence-corrected chi connectivity index (χ3v) is 3.06. The summed E-state index contributed by atoms with van der Waals surface area (Å²) in [5.41, 5.74) is 2.07. The molecule has 0 aromatic heterocycles. The molecule has 3 N–H and O–H groups in total. The monoisotopic (exact) mass is 264 g/mol. The number of carbonyl (C=O) groups is 1. The molecule has 0 fully saturated rings. The summed E-state index contributed by atoms with van der Waals surface area (Å²) < 4.78 is 0. The molecule has 1 rings (SSSR count). The zero-order valence-corrected chi connectivity index (χ0v) is 12.2. The van der Waals surface area contributed by atoms with Crippen LogP contribution in [0.2, 0.25) is 0 Å². The molecular weight excluding hydrogens is 240 g/mol. The molecule has 19 heavy (non-hydrogen) atoms. The third kappa shape index (κ3) is 4.91. The van der Waals surface area contributed by atoms with Gasteiger partial charge in [0.25, 0.3) is 0 Å². The summed E-state index contributed by atoms with van der Waals surface area (Å²) in [6, 6.07) is 7.32. The lowest BCUT2D eigenvalue weighted by Gasteiger charge is -2.19. The zero-order valence-electron chi connectivity index (χ0n) is 12.2. The van der Waals surface area contributed by atoms with Crippen LogP contribution in [-0.2, 0) is 5.41 Å². The Bertz CT molecular complexity index is 403. The lowest BCUT2D eigenvalue weighted by molar-refractivity contribution is 0.222. The average Bonchev–Trinajstić information content (AvgIpc) is 2.35. The summed E-state index contributed by atoms with van der Waals surface area (Å²) >= 11 is 0. The summed E-state index contributed by atoms with van der Waals surface area (Å²) in [6.45, 7) is 8.31. The molecule has 1 unspecified atom stereocenters. The normalized spacial score (nSPS) is 12.9. The second-order valence-corrected chi connectivity index (χ2v) is 5.71. The van der Waals surface area contributed by atoms with Crippen molar-refractivity contribution in [2.75, 3.05) is 11.9 Å². The topological polar surface area (TPSA) is 61.4 Å². The number of carbonyl (C=O) groups excluding carboxylic acids is 1. The molecule has 0 heterocycles. The number of rotatable bonds is 4. The third-order valence-electron chi connectivity index (χ3n) is 3.06. The van der Waals surface area contributed by atoms with Gasteiger partial charge < -0.3 is 15.7 Å². The maximum Gasteiger partial charge on any atom is 0.319 e. The van der Waals surface area contributed by atoms with Crippen LogP contribution in [0.25, 0.3) is 0 Å². The minimum absolute atomic E-state index is 0.0487. The molecule has 4 heteroatoms. The fourth-order valence-electron chi connectivity index (χ4n) is 1.68. The molecule has 0 aliphatic heterocycles. The first-order valence-electron chi connectivity index (χ1n) is 6.65. The number of nitrogens with one attached hydrogen (secondary N) is 2. The molecule has 1 aromatic carbocycles. The molecule has 0 aliphatic carbocycles. The summed E-state index contributed by atoms with van der Waals surface area (Å²) in [5.74, 6) is 0. The van der Waals surface area contributed by atoms with Gasteiger partial charge in [-0.25, -0.2) is 4.79 Å². The van der Waals surface area contributed by atoms with Crippen molar-refractivity contribution in [3.8, 4) is 0 Å². The summed E-state index contributed by atoms with van der Waals surface area (Å²) in [7, 11) is 0. The Morgan fingerprint density at radius 2 is 1.84 bits per heavy atom. The zero-order chi connectivity index (χ0) is 14.5. The Balaban J connectivity index is 2.61. The maximum atomic E-state index is 11.7. The van der Waals surface area contributed by atoms with Gasteiger partial charge >= 0.3 is 6.03 Å². The van der Waals surface area contributed by atoms with E-state index in [0.717, 1.165) is 5.69 Å². The van der Waals surface area contributed by atoms with Crippen molar-refractivity contribution in [3.63, 3.8) is 0 Å².